The van der Waals surface area contributed by atoms with Crippen molar-refractivity contribution >= 4 is 45.9 Å². The highest BCUT2D eigenvalue weighted by atomic mass is 35.5. The number of hydrogen-bond donors (Lipinski definition) is 2. The van der Waals surface area contributed by atoms with Gasteiger partial charge in [0, 0.05) is 47.7 Å². The number of likely N-dealkylation sites (tertiary alicyclic amines) is 1. The summed E-state index contributed by atoms with van der Waals surface area (Å²) in [6.45, 7) is 3.46. The lowest BCUT2D eigenvalue weighted by atomic mass is 9.95. The monoisotopic (exact) mass is 475 g/mol. The molecule has 32 heavy (non-hydrogen) atoms. The fraction of sp³-hybridized carbons (Fsp3) is 0.333. The van der Waals surface area contributed by atoms with E-state index in [1.54, 1.807) is 29.2 Å². The molecule has 2 N–H and O–H groups in total. The maximum Gasteiger partial charge on any atom is 0.253 e. The molecule has 1 fully saturated rings. The van der Waals surface area contributed by atoms with Gasteiger partial charge in [0.2, 0.25) is 5.91 Å². The van der Waals surface area contributed by atoms with Gasteiger partial charge < -0.3 is 15.2 Å². The van der Waals surface area contributed by atoms with E-state index in [4.69, 9.17) is 23.2 Å². The van der Waals surface area contributed by atoms with Crippen molar-refractivity contribution in [2.45, 2.75) is 26.2 Å². The number of hydrogen-bond acceptors (Lipinski definition) is 2. The summed E-state index contributed by atoms with van der Waals surface area (Å²) in [6.07, 6.45) is 1.84. The molecular formula is C24H24Cl2FN3O2. The molecule has 2 amide bonds. The molecule has 8 heteroatoms. The maximum absolute atomic E-state index is 13.6. The van der Waals surface area contributed by atoms with Gasteiger partial charge >= 0.3 is 0 Å². The number of aromatic nitrogens is 1. The van der Waals surface area contributed by atoms with Gasteiger partial charge in [0.1, 0.15) is 5.82 Å². The summed E-state index contributed by atoms with van der Waals surface area (Å²) in [5, 5.41) is 4.61. The first-order valence-corrected chi connectivity index (χ1v) is 11.4. The lowest BCUT2D eigenvalue weighted by Gasteiger charge is -2.31. The van der Waals surface area contributed by atoms with E-state index in [1.807, 2.05) is 6.92 Å². The first kappa shape index (κ1) is 22.6. The van der Waals surface area contributed by atoms with Crippen LogP contribution in [-0.2, 0) is 11.2 Å². The van der Waals surface area contributed by atoms with Crippen LogP contribution in [0.2, 0.25) is 10.0 Å². The third-order valence-electron chi connectivity index (χ3n) is 6.08. The normalized spacial score (nSPS) is 14.7. The summed E-state index contributed by atoms with van der Waals surface area (Å²) in [7, 11) is 0. The van der Waals surface area contributed by atoms with Crippen molar-refractivity contribution in [2.24, 2.45) is 5.92 Å². The molecule has 0 bridgehead atoms. The largest absolute Gasteiger partial charge is 0.358 e. The number of carbonyl (C=O) groups is 2. The first-order valence-electron chi connectivity index (χ1n) is 10.6. The van der Waals surface area contributed by atoms with Gasteiger partial charge in [0.15, 0.2) is 0 Å². The predicted molar refractivity (Wildman–Crippen MR) is 125 cm³/mol. The van der Waals surface area contributed by atoms with Gasteiger partial charge in [0.05, 0.1) is 10.0 Å². The number of carbonyl (C=O) groups excluding carboxylic acids is 2. The van der Waals surface area contributed by atoms with Gasteiger partial charge in [0.25, 0.3) is 5.91 Å². The number of nitrogens with one attached hydrogen (secondary N) is 2. The highest BCUT2D eigenvalue weighted by Gasteiger charge is 2.28. The zero-order chi connectivity index (χ0) is 22.8. The Morgan fingerprint density at radius 1 is 1.12 bits per heavy atom. The zero-order valence-electron chi connectivity index (χ0n) is 17.7. The first-order chi connectivity index (χ1) is 15.3. The second-order valence-electron chi connectivity index (χ2n) is 8.15. The molecular weight excluding hydrogens is 452 g/mol. The fourth-order valence-electron chi connectivity index (χ4n) is 4.29. The second-order valence-corrected chi connectivity index (χ2v) is 8.97. The molecule has 0 radical (unpaired) electrons. The molecule has 1 aliphatic heterocycles. The summed E-state index contributed by atoms with van der Waals surface area (Å²) in [6, 6.07) is 9.53. The Hall–Kier alpha value is -2.57. The standard InChI is InChI=1S/C24H24Cl2FN3O2/c1-14-18(19-13-17(27)3-5-22(19)29-14)6-9-28-23(31)15-7-10-30(11-8-15)24(32)16-2-4-20(25)21(26)12-16/h2-5,12-13,15,29H,6-11H2,1H3,(H,28,31). The van der Waals surface area contributed by atoms with Crippen LogP contribution < -0.4 is 5.32 Å². The highest BCUT2D eigenvalue weighted by Crippen LogP contribution is 2.26. The molecule has 0 saturated carbocycles. The van der Waals surface area contributed by atoms with Crippen molar-refractivity contribution < 1.29 is 14.0 Å². The van der Waals surface area contributed by atoms with E-state index in [1.165, 1.54) is 12.1 Å². The molecule has 1 aromatic heterocycles. The van der Waals surface area contributed by atoms with E-state index in [0.717, 1.165) is 22.2 Å². The minimum Gasteiger partial charge on any atom is -0.358 e. The van der Waals surface area contributed by atoms with E-state index in [0.29, 0.717) is 54.5 Å². The minimum absolute atomic E-state index is 0.00434. The van der Waals surface area contributed by atoms with Gasteiger partial charge in [-0.25, -0.2) is 4.39 Å². The average molecular weight is 476 g/mol. The summed E-state index contributed by atoms with van der Waals surface area (Å²) in [5.74, 6) is -0.516. The number of nitrogens with zero attached hydrogens (tertiary/aromatic N) is 1. The van der Waals surface area contributed by atoms with E-state index in [2.05, 4.69) is 10.3 Å². The Kier molecular flexibility index (Phi) is 6.72. The second kappa shape index (κ2) is 9.51. The van der Waals surface area contributed by atoms with Crippen molar-refractivity contribution in [2.75, 3.05) is 19.6 Å². The molecule has 4 rings (SSSR count). The van der Waals surface area contributed by atoms with Crippen LogP contribution in [0.3, 0.4) is 0 Å². The van der Waals surface area contributed by atoms with Crippen molar-refractivity contribution in [3.8, 4) is 0 Å². The Bertz CT molecular complexity index is 1170. The topological polar surface area (TPSA) is 65.2 Å². The quantitative estimate of drug-likeness (QED) is 0.536. The van der Waals surface area contributed by atoms with Crippen molar-refractivity contribution in [1.29, 1.82) is 0 Å². The average Bonchev–Trinajstić information content (AvgIpc) is 3.09. The van der Waals surface area contributed by atoms with Crippen LogP contribution in [0.4, 0.5) is 4.39 Å². The zero-order valence-corrected chi connectivity index (χ0v) is 19.2. The summed E-state index contributed by atoms with van der Waals surface area (Å²) < 4.78 is 13.6. The van der Waals surface area contributed by atoms with E-state index < -0.39 is 0 Å². The Labute approximate surface area is 195 Å². The smallest absolute Gasteiger partial charge is 0.253 e. The van der Waals surface area contributed by atoms with Crippen molar-refractivity contribution in [3.63, 3.8) is 0 Å². The molecule has 0 atom stereocenters. The van der Waals surface area contributed by atoms with Gasteiger partial charge in [-0.1, -0.05) is 23.2 Å². The number of benzene rings is 2. The molecule has 1 saturated heterocycles. The molecule has 0 unspecified atom stereocenters. The molecule has 2 aromatic carbocycles. The van der Waals surface area contributed by atoms with Crippen LogP contribution in [0.25, 0.3) is 10.9 Å². The number of halogens is 3. The number of H-pyrrole nitrogens is 1. The van der Waals surface area contributed by atoms with Crippen LogP contribution in [0, 0.1) is 18.7 Å². The lowest BCUT2D eigenvalue weighted by Crippen LogP contribution is -2.43. The number of piperidine rings is 1. The minimum atomic E-state index is -0.274. The molecule has 3 aromatic rings. The van der Waals surface area contributed by atoms with E-state index in [-0.39, 0.29) is 23.5 Å². The maximum atomic E-state index is 13.6. The van der Waals surface area contributed by atoms with Crippen molar-refractivity contribution in [1.82, 2.24) is 15.2 Å². The van der Waals surface area contributed by atoms with Crippen LogP contribution in [0.5, 0.6) is 0 Å². The number of aromatic amines is 1. The highest BCUT2D eigenvalue weighted by molar-refractivity contribution is 6.42. The van der Waals surface area contributed by atoms with Gasteiger partial charge in [-0.2, -0.15) is 0 Å². The van der Waals surface area contributed by atoms with Gasteiger partial charge in [-0.15, -0.1) is 0 Å². The van der Waals surface area contributed by atoms with Crippen LogP contribution in [0.15, 0.2) is 36.4 Å². The summed E-state index contributed by atoms with van der Waals surface area (Å²) in [5.41, 5.74) is 3.38. The van der Waals surface area contributed by atoms with Crippen molar-refractivity contribution in [3.05, 3.63) is 69.1 Å². The van der Waals surface area contributed by atoms with E-state index in [9.17, 15) is 14.0 Å². The van der Waals surface area contributed by atoms with Gasteiger partial charge in [-0.05, 0) is 68.1 Å². The lowest BCUT2D eigenvalue weighted by molar-refractivity contribution is -0.126. The predicted octanol–water partition coefficient (Wildman–Crippen LogP) is 5.13. The van der Waals surface area contributed by atoms with Crippen LogP contribution >= 0.6 is 23.2 Å². The molecule has 0 spiro atoms. The Morgan fingerprint density at radius 2 is 1.88 bits per heavy atom. The third-order valence-corrected chi connectivity index (χ3v) is 6.81. The molecule has 2 heterocycles. The number of amides is 2. The fourth-order valence-corrected chi connectivity index (χ4v) is 4.59. The number of fused-ring (bicyclic) bond motifs is 1. The van der Waals surface area contributed by atoms with Crippen LogP contribution in [-0.4, -0.2) is 41.3 Å². The molecule has 1 aliphatic rings. The van der Waals surface area contributed by atoms with E-state index >= 15 is 0 Å². The Morgan fingerprint density at radius 3 is 2.59 bits per heavy atom. The number of rotatable bonds is 5. The Balaban J connectivity index is 1.29. The molecule has 5 nitrogen and oxygen atoms in total. The summed E-state index contributed by atoms with van der Waals surface area (Å²) >= 11 is 11.9. The summed E-state index contributed by atoms with van der Waals surface area (Å²) in [4.78, 5) is 30.3. The van der Waals surface area contributed by atoms with Crippen LogP contribution in [0.1, 0.15) is 34.5 Å². The molecule has 168 valence electrons. The van der Waals surface area contributed by atoms with Gasteiger partial charge in [-0.3, -0.25) is 9.59 Å². The third kappa shape index (κ3) is 4.76. The number of aryl methyl sites for hydroxylation is 1. The molecule has 0 aliphatic carbocycles. The SMILES string of the molecule is Cc1[nH]c2ccc(F)cc2c1CCNC(=O)C1CCN(C(=O)c2ccc(Cl)c(Cl)c2)CC1.